The summed E-state index contributed by atoms with van der Waals surface area (Å²) in [6.07, 6.45) is 1.00. The predicted octanol–water partition coefficient (Wildman–Crippen LogP) is 0.790. The van der Waals surface area contributed by atoms with Crippen LogP contribution in [0, 0.1) is 13.8 Å². The topological polar surface area (TPSA) is 54.0 Å². The van der Waals surface area contributed by atoms with Gasteiger partial charge in [0.25, 0.3) is 5.91 Å². The third-order valence-corrected chi connectivity index (χ3v) is 2.87. The van der Waals surface area contributed by atoms with Crippen LogP contribution in [0.4, 0.5) is 0 Å². The number of aryl methyl sites for hydroxylation is 2. The molecule has 16 heavy (non-hydrogen) atoms. The van der Waals surface area contributed by atoms with Gasteiger partial charge in [0.05, 0.1) is 11.3 Å². The summed E-state index contributed by atoms with van der Waals surface area (Å²) in [4.78, 5) is 16.2. The Balaban J connectivity index is 2.08. The second kappa shape index (κ2) is 4.61. The van der Waals surface area contributed by atoms with Crippen LogP contribution in [-0.4, -0.2) is 30.0 Å². The first-order valence-corrected chi connectivity index (χ1v) is 5.62. The number of carbonyl (C=O) groups excluding carboxylic acids is 1. The number of amides is 1. The summed E-state index contributed by atoms with van der Waals surface area (Å²) < 4.78 is 0. The van der Waals surface area contributed by atoms with E-state index in [4.69, 9.17) is 0 Å². The Morgan fingerprint density at radius 3 is 2.94 bits per heavy atom. The van der Waals surface area contributed by atoms with Crippen molar-refractivity contribution in [2.24, 2.45) is 0 Å². The molecule has 2 N–H and O–H groups in total. The first-order valence-electron chi connectivity index (χ1n) is 5.62. The molecule has 1 aliphatic rings. The first kappa shape index (κ1) is 11.1. The van der Waals surface area contributed by atoms with E-state index in [1.807, 2.05) is 26.0 Å². The van der Waals surface area contributed by atoms with Gasteiger partial charge in [0.1, 0.15) is 0 Å². The lowest BCUT2D eigenvalue weighted by Gasteiger charge is -2.12. The van der Waals surface area contributed by atoms with E-state index in [1.165, 1.54) is 0 Å². The van der Waals surface area contributed by atoms with Crippen molar-refractivity contribution in [1.82, 2.24) is 15.6 Å². The predicted molar refractivity (Wildman–Crippen MR) is 62.5 cm³/mol. The normalized spacial score (nSPS) is 19.8. The van der Waals surface area contributed by atoms with E-state index in [0.717, 1.165) is 30.9 Å². The molecule has 0 saturated carbocycles. The Kier molecular flexibility index (Phi) is 3.19. The molecule has 1 fully saturated rings. The SMILES string of the molecule is Cc1ccc(C(=O)N[C@H]2CCNC2)c(C)n1. The van der Waals surface area contributed by atoms with Crippen LogP contribution in [0.1, 0.15) is 28.2 Å². The van der Waals surface area contributed by atoms with Crippen LogP contribution in [-0.2, 0) is 0 Å². The number of hydrogen-bond acceptors (Lipinski definition) is 3. The van der Waals surface area contributed by atoms with Gasteiger partial charge < -0.3 is 10.6 Å². The molecule has 86 valence electrons. The molecule has 1 aliphatic heterocycles. The summed E-state index contributed by atoms with van der Waals surface area (Å²) in [7, 11) is 0. The highest BCUT2D eigenvalue weighted by Crippen LogP contribution is 2.07. The van der Waals surface area contributed by atoms with Crippen LogP contribution >= 0.6 is 0 Å². The third-order valence-electron chi connectivity index (χ3n) is 2.87. The van der Waals surface area contributed by atoms with Gasteiger partial charge in [-0.2, -0.15) is 0 Å². The van der Waals surface area contributed by atoms with Crippen molar-refractivity contribution in [2.45, 2.75) is 26.3 Å². The number of aromatic nitrogens is 1. The molecule has 0 bridgehead atoms. The fourth-order valence-corrected chi connectivity index (χ4v) is 1.97. The van der Waals surface area contributed by atoms with Crippen LogP contribution in [0.15, 0.2) is 12.1 Å². The van der Waals surface area contributed by atoms with E-state index in [0.29, 0.717) is 5.56 Å². The molecular weight excluding hydrogens is 202 g/mol. The number of nitrogens with one attached hydrogen (secondary N) is 2. The molecule has 1 aromatic heterocycles. The fourth-order valence-electron chi connectivity index (χ4n) is 1.97. The molecule has 1 amide bonds. The van der Waals surface area contributed by atoms with E-state index in [1.54, 1.807) is 0 Å². The average Bonchev–Trinajstić information content (AvgIpc) is 2.70. The van der Waals surface area contributed by atoms with Crippen LogP contribution in [0.3, 0.4) is 0 Å². The Hall–Kier alpha value is -1.42. The summed E-state index contributed by atoms with van der Waals surface area (Å²) in [5, 5.41) is 6.24. The van der Waals surface area contributed by atoms with Gasteiger partial charge in [-0.15, -0.1) is 0 Å². The second-order valence-electron chi connectivity index (χ2n) is 4.25. The molecule has 0 aromatic carbocycles. The van der Waals surface area contributed by atoms with Gasteiger partial charge in [-0.3, -0.25) is 9.78 Å². The molecule has 4 heteroatoms. The Morgan fingerprint density at radius 1 is 1.50 bits per heavy atom. The van der Waals surface area contributed by atoms with Gasteiger partial charge in [0.2, 0.25) is 0 Å². The highest BCUT2D eigenvalue weighted by molar-refractivity contribution is 5.95. The third kappa shape index (κ3) is 2.39. The van der Waals surface area contributed by atoms with E-state index in [-0.39, 0.29) is 11.9 Å². The first-order chi connectivity index (χ1) is 7.66. The van der Waals surface area contributed by atoms with E-state index < -0.39 is 0 Å². The largest absolute Gasteiger partial charge is 0.348 e. The maximum Gasteiger partial charge on any atom is 0.253 e. The summed E-state index contributed by atoms with van der Waals surface area (Å²) in [6, 6.07) is 3.97. The quantitative estimate of drug-likeness (QED) is 0.773. The van der Waals surface area contributed by atoms with E-state index >= 15 is 0 Å². The smallest absolute Gasteiger partial charge is 0.253 e. The lowest BCUT2D eigenvalue weighted by Crippen LogP contribution is -2.36. The highest BCUT2D eigenvalue weighted by Gasteiger charge is 2.18. The van der Waals surface area contributed by atoms with E-state index in [9.17, 15) is 4.79 Å². The molecule has 0 unspecified atom stereocenters. The number of carbonyl (C=O) groups is 1. The maximum atomic E-state index is 12.0. The Bertz CT molecular complexity index is 397. The summed E-state index contributed by atoms with van der Waals surface area (Å²) >= 11 is 0. The average molecular weight is 219 g/mol. The summed E-state index contributed by atoms with van der Waals surface area (Å²) in [6.45, 7) is 5.64. The molecule has 0 radical (unpaired) electrons. The second-order valence-corrected chi connectivity index (χ2v) is 4.25. The molecule has 4 nitrogen and oxygen atoms in total. The zero-order chi connectivity index (χ0) is 11.5. The minimum atomic E-state index is -0.0151. The van der Waals surface area contributed by atoms with Gasteiger partial charge >= 0.3 is 0 Å². The van der Waals surface area contributed by atoms with Gasteiger partial charge in [-0.25, -0.2) is 0 Å². The number of pyridine rings is 1. The summed E-state index contributed by atoms with van der Waals surface area (Å²) in [5.74, 6) is -0.0151. The zero-order valence-corrected chi connectivity index (χ0v) is 9.71. The van der Waals surface area contributed by atoms with Crippen molar-refractivity contribution in [3.8, 4) is 0 Å². The Morgan fingerprint density at radius 2 is 2.31 bits per heavy atom. The van der Waals surface area contributed by atoms with Gasteiger partial charge in [-0.05, 0) is 38.9 Å². The van der Waals surface area contributed by atoms with Crippen LogP contribution in [0.2, 0.25) is 0 Å². The Labute approximate surface area is 95.5 Å². The van der Waals surface area contributed by atoms with Crippen molar-refractivity contribution >= 4 is 5.91 Å². The minimum absolute atomic E-state index is 0.0151. The number of nitrogens with zero attached hydrogens (tertiary/aromatic N) is 1. The molecule has 0 spiro atoms. The molecule has 0 aliphatic carbocycles. The number of rotatable bonds is 2. The molecule has 1 aromatic rings. The van der Waals surface area contributed by atoms with Crippen molar-refractivity contribution in [3.63, 3.8) is 0 Å². The van der Waals surface area contributed by atoms with E-state index in [2.05, 4.69) is 15.6 Å². The molecule has 2 rings (SSSR count). The molecule has 2 heterocycles. The lowest BCUT2D eigenvalue weighted by atomic mass is 10.1. The van der Waals surface area contributed by atoms with Crippen LogP contribution in [0.5, 0.6) is 0 Å². The van der Waals surface area contributed by atoms with Gasteiger partial charge in [0.15, 0.2) is 0 Å². The number of hydrogen-bond donors (Lipinski definition) is 2. The van der Waals surface area contributed by atoms with Crippen molar-refractivity contribution in [3.05, 3.63) is 29.1 Å². The van der Waals surface area contributed by atoms with Crippen LogP contribution in [0.25, 0.3) is 0 Å². The summed E-state index contributed by atoms with van der Waals surface area (Å²) in [5.41, 5.74) is 2.41. The maximum absolute atomic E-state index is 12.0. The highest BCUT2D eigenvalue weighted by atomic mass is 16.1. The lowest BCUT2D eigenvalue weighted by molar-refractivity contribution is 0.0939. The fraction of sp³-hybridized carbons (Fsp3) is 0.500. The van der Waals surface area contributed by atoms with Gasteiger partial charge in [0, 0.05) is 18.3 Å². The molecule has 1 atom stereocenters. The van der Waals surface area contributed by atoms with Crippen molar-refractivity contribution < 1.29 is 4.79 Å². The van der Waals surface area contributed by atoms with Gasteiger partial charge in [-0.1, -0.05) is 0 Å². The molecular formula is C12H17N3O. The minimum Gasteiger partial charge on any atom is -0.348 e. The zero-order valence-electron chi connectivity index (χ0n) is 9.71. The van der Waals surface area contributed by atoms with Crippen molar-refractivity contribution in [2.75, 3.05) is 13.1 Å². The van der Waals surface area contributed by atoms with Crippen LogP contribution < -0.4 is 10.6 Å². The molecule has 1 saturated heterocycles. The monoisotopic (exact) mass is 219 g/mol. The standard InChI is InChI=1S/C12H17N3O/c1-8-3-4-11(9(2)14-8)12(16)15-10-5-6-13-7-10/h3-4,10,13H,5-7H2,1-2H3,(H,15,16)/t10-/m0/s1. The van der Waals surface area contributed by atoms with Crippen molar-refractivity contribution in [1.29, 1.82) is 0 Å².